The highest BCUT2D eigenvalue weighted by Crippen LogP contribution is 2.23. The van der Waals surface area contributed by atoms with E-state index in [1.807, 2.05) is 6.92 Å². The third-order valence-corrected chi connectivity index (χ3v) is 5.62. The summed E-state index contributed by atoms with van der Waals surface area (Å²) in [6.45, 7) is 8.76. The van der Waals surface area contributed by atoms with Crippen LogP contribution >= 0.6 is 27.3 Å². The van der Waals surface area contributed by atoms with E-state index in [1.54, 1.807) is 18.4 Å². The number of rotatable bonds is 8. The third kappa shape index (κ3) is 7.22. The molecule has 0 atom stereocenters. The molecule has 0 aliphatic carbocycles. The summed E-state index contributed by atoms with van der Waals surface area (Å²) < 4.78 is 6.11. The van der Waals surface area contributed by atoms with Crippen molar-refractivity contribution in [2.75, 3.05) is 59.5 Å². The molecule has 1 aromatic rings. The number of ether oxygens (including phenoxy) is 1. The van der Waals surface area contributed by atoms with Gasteiger partial charge < -0.3 is 20.3 Å². The highest BCUT2D eigenvalue weighted by atomic mass is 79.9. The van der Waals surface area contributed by atoms with E-state index in [9.17, 15) is 4.79 Å². The van der Waals surface area contributed by atoms with E-state index < -0.39 is 0 Å². The summed E-state index contributed by atoms with van der Waals surface area (Å²) in [5, 5.41) is 6.08. The fourth-order valence-corrected chi connectivity index (χ4v) is 4.22. The number of carbonyl (C=O) groups is 1. The molecule has 1 amide bonds. The van der Waals surface area contributed by atoms with E-state index >= 15 is 0 Å². The SMILES string of the molecule is CCNC(=NCC(=O)NCCOC)N1CCN(Cc2ccc(Br)s2)CC1. The molecule has 2 N–H and O–H groups in total. The van der Waals surface area contributed by atoms with Gasteiger partial charge in [0.15, 0.2) is 5.96 Å². The average molecular weight is 446 g/mol. The highest BCUT2D eigenvalue weighted by Gasteiger charge is 2.20. The maximum atomic E-state index is 11.8. The summed E-state index contributed by atoms with van der Waals surface area (Å²) in [6, 6.07) is 4.28. The normalized spacial score (nSPS) is 16.0. The number of hydrogen-bond donors (Lipinski definition) is 2. The van der Waals surface area contributed by atoms with Crippen LogP contribution in [-0.4, -0.2) is 81.2 Å². The van der Waals surface area contributed by atoms with E-state index in [1.165, 1.54) is 8.66 Å². The van der Waals surface area contributed by atoms with Gasteiger partial charge in [-0.25, -0.2) is 4.99 Å². The van der Waals surface area contributed by atoms with Crippen molar-refractivity contribution in [3.05, 3.63) is 20.8 Å². The molecule has 0 radical (unpaired) electrons. The van der Waals surface area contributed by atoms with Crippen LogP contribution in [0.15, 0.2) is 20.9 Å². The standard InChI is InChI=1S/C17H28BrN5O2S/c1-3-19-17(21-12-16(24)20-6-11-25-2)23-9-7-22(8-10-23)13-14-4-5-15(18)26-14/h4-5H,3,6-13H2,1-2H3,(H,19,21)(H,20,24). The zero-order chi connectivity index (χ0) is 18.8. The quantitative estimate of drug-likeness (QED) is 0.359. The molecule has 0 aromatic carbocycles. The maximum Gasteiger partial charge on any atom is 0.241 e. The Balaban J connectivity index is 1.80. The van der Waals surface area contributed by atoms with E-state index in [0.29, 0.717) is 13.2 Å². The predicted molar refractivity (Wildman–Crippen MR) is 110 cm³/mol. The number of nitrogens with one attached hydrogen (secondary N) is 2. The van der Waals surface area contributed by atoms with Crippen molar-refractivity contribution < 1.29 is 9.53 Å². The number of guanidine groups is 1. The lowest BCUT2D eigenvalue weighted by molar-refractivity contribution is -0.119. The number of nitrogens with zero attached hydrogens (tertiary/aromatic N) is 3. The lowest BCUT2D eigenvalue weighted by Gasteiger charge is -2.36. The van der Waals surface area contributed by atoms with Crippen LogP contribution in [-0.2, 0) is 16.1 Å². The van der Waals surface area contributed by atoms with Crippen LogP contribution in [0, 0.1) is 0 Å². The largest absolute Gasteiger partial charge is 0.383 e. The molecule has 1 fully saturated rings. The Morgan fingerprint density at radius 3 is 2.69 bits per heavy atom. The topological polar surface area (TPSA) is 69.2 Å². The molecule has 1 aromatic heterocycles. The summed E-state index contributed by atoms with van der Waals surface area (Å²) in [5.41, 5.74) is 0. The van der Waals surface area contributed by atoms with Gasteiger partial charge >= 0.3 is 0 Å². The molecular formula is C17H28BrN5O2S. The number of halogens is 1. The number of thiophene rings is 1. The first-order valence-electron chi connectivity index (χ1n) is 8.87. The van der Waals surface area contributed by atoms with E-state index in [-0.39, 0.29) is 12.5 Å². The van der Waals surface area contributed by atoms with Gasteiger partial charge in [-0.1, -0.05) is 0 Å². The molecule has 2 rings (SSSR count). The van der Waals surface area contributed by atoms with Crippen molar-refractivity contribution in [1.82, 2.24) is 20.4 Å². The van der Waals surface area contributed by atoms with Crippen molar-refractivity contribution in [3.63, 3.8) is 0 Å². The van der Waals surface area contributed by atoms with Crippen LogP contribution in [0.2, 0.25) is 0 Å². The van der Waals surface area contributed by atoms with E-state index in [2.05, 4.69) is 53.5 Å². The molecule has 0 unspecified atom stereocenters. The van der Waals surface area contributed by atoms with Crippen LogP contribution in [0.1, 0.15) is 11.8 Å². The van der Waals surface area contributed by atoms with Crippen molar-refractivity contribution in [3.8, 4) is 0 Å². The molecule has 7 nitrogen and oxygen atoms in total. The van der Waals surface area contributed by atoms with Crippen molar-refractivity contribution in [2.45, 2.75) is 13.5 Å². The van der Waals surface area contributed by atoms with Crippen LogP contribution < -0.4 is 10.6 Å². The van der Waals surface area contributed by atoms with E-state index in [4.69, 9.17) is 4.74 Å². The van der Waals surface area contributed by atoms with Gasteiger partial charge in [-0.05, 0) is 35.0 Å². The molecule has 0 bridgehead atoms. The van der Waals surface area contributed by atoms with Crippen LogP contribution in [0.3, 0.4) is 0 Å². The van der Waals surface area contributed by atoms with Gasteiger partial charge in [-0.15, -0.1) is 11.3 Å². The first-order valence-corrected chi connectivity index (χ1v) is 10.5. The van der Waals surface area contributed by atoms with Crippen LogP contribution in [0.5, 0.6) is 0 Å². The van der Waals surface area contributed by atoms with Crippen LogP contribution in [0.4, 0.5) is 0 Å². The lowest BCUT2D eigenvalue weighted by atomic mass is 10.3. The van der Waals surface area contributed by atoms with Gasteiger partial charge in [0.25, 0.3) is 0 Å². The molecule has 2 heterocycles. The van der Waals surface area contributed by atoms with Crippen molar-refractivity contribution in [2.24, 2.45) is 4.99 Å². The Morgan fingerprint density at radius 2 is 2.08 bits per heavy atom. The fraction of sp³-hybridized carbons (Fsp3) is 0.647. The molecule has 9 heteroatoms. The lowest BCUT2D eigenvalue weighted by Crippen LogP contribution is -2.52. The second kappa shape index (κ2) is 11.5. The zero-order valence-corrected chi connectivity index (χ0v) is 17.9. The average Bonchev–Trinajstić information content (AvgIpc) is 3.04. The van der Waals surface area contributed by atoms with Crippen molar-refractivity contribution >= 4 is 39.1 Å². The van der Waals surface area contributed by atoms with Gasteiger partial charge in [0.2, 0.25) is 5.91 Å². The molecular weight excluding hydrogens is 418 g/mol. The van der Waals surface area contributed by atoms with Gasteiger partial charge in [0.05, 0.1) is 10.4 Å². The minimum atomic E-state index is -0.0839. The maximum absolute atomic E-state index is 11.8. The summed E-state index contributed by atoms with van der Waals surface area (Å²) in [4.78, 5) is 22.4. The molecule has 1 aliphatic rings. The number of aliphatic imine (C=N–C) groups is 1. The van der Waals surface area contributed by atoms with Gasteiger partial charge in [-0.3, -0.25) is 9.69 Å². The molecule has 0 saturated carbocycles. The Bertz CT molecular complexity index is 587. The minimum Gasteiger partial charge on any atom is -0.383 e. The number of methoxy groups -OCH3 is 1. The fourth-order valence-electron chi connectivity index (χ4n) is 2.70. The summed E-state index contributed by atoms with van der Waals surface area (Å²) in [6.07, 6.45) is 0. The van der Waals surface area contributed by atoms with Gasteiger partial charge in [0, 0.05) is 57.8 Å². The molecule has 146 valence electrons. The Labute approximate surface area is 167 Å². The zero-order valence-electron chi connectivity index (χ0n) is 15.5. The Hall–Kier alpha value is -1.16. The molecule has 1 aliphatic heterocycles. The summed E-state index contributed by atoms with van der Waals surface area (Å²) in [7, 11) is 1.62. The second-order valence-electron chi connectivity index (χ2n) is 5.98. The second-order valence-corrected chi connectivity index (χ2v) is 8.53. The molecule has 26 heavy (non-hydrogen) atoms. The smallest absolute Gasteiger partial charge is 0.241 e. The molecule has 0 spiro atoms. The third-order valence-electron chi connectivity index (χ3n) is 4.02. The summed E-state index contributed by atoms with van der Waals surface area (Å²) >= 11 is 5.31. The number of piperazine rings is 1. The first kappa shape index (κ1) is 21.1. The Kier molecular flexibility index (Phi) is 9.38. The number of amides is 1. The minimum absolute atomic E-state index is 0.0839. The highest BCUT2D eigenvalue weighted by molar-refractivity contribution is 9.11. The first-order chi connectivity index (χ1) is 12.6. The molecule has 1 saturated heterocycles. The predicted octanol–water partition coefficient (Wildman–Crippen LogP) is 1.36. The number of hydrogen-bond acceptors (Lipinski definition) is 5. The number of carbonyl (C=O) groups excluding carboxylic acids is 1. The monoisotopic (exact) mass is 445 g/mol. The Morgan fingerprint density at radius 1 is 1.31 bits per heavy atom. The van der Waals surface area contributed by atoms with Gasteiger partial charge in [0.1, 0.15) is 6.54 Å². The van der Waals surface area contributed by atoms with Crippen molar-refractivity contribution in [1.29, 1.82) is 0 Å². The van der Waals surface area contributed by atoms with E-state index in [0.717, 1.165) is 45.2 Å². The summed E-state index contributed by atoms with van der Waals surface area (Å²) in [5.74, 6) is 0.729. The van der Waals surface area contributed by atoms with Gasteiger partial charge in [-0.2, -0.15) is 0 Å². The van der Waals surface area contributed by atoms with Crippen LogP contribution in [0.25, 0.3) is 0 Å².